The van der Waals surface area contributed by atoms with E-state index in [1.54, 1.807) is 0 Å². The molecule has 7 heteroatoms. The van der Waals surface area contributed by atoms with Crippen molar-refractivity contribution in [2.24, 2.45) is 0 Å². The third-order valence-electron chi connectivity index (χ3n) is 2.29. The fourth-order valence-corrected chi connectivity index (χ4v) is 2.15. The highest BCUT2D eigenvalue weighted by molar-refractivity contribution is 8.04. The molecule has 0 saturated heterocycles. The average Bonchev–Trinajstić information content (AvgIpc) is 2.86. The van der Waals surface area contributed by atoms with Gasteiger partial charge in [0.25, 0.3) is 0 Å². The van der Waals surface area contributed by atoms with Crippen LogP contribution in [-0.2, 0) is 16.1 Å². The molecule has 1 heterocycles. The zero-order chi connectivity index (χ0) is 13.7. The Hall–Kier alpha value is -2.15. The monoisotopic (exact) mass is 280 g/mol. The number of hydrazine groups is 1. The molecular formula is C12H12N2O4S. The normalized spacial score (nSPS) is 13.9. The van der Waals surface area contributed by atoms with Crippen molar-refractivity contribution < 1.29 is 19.4 Å². The predicted octanol–water partition coefficient (Wildman–Crippen LogP) is 1.76. The van der Waals surface area contributed by atoms with Crippen molar-refractivity contribution >= 4 is 23.8 Å². The molecule has 0 fully saturated rings. The molecule has 1 aromatic carbocycles. The van der Waals surface area contributed by atoms with Gasteiger partial charge in [-0.3, -0.25) is 5.01 Å². The van der Waals surface area contributed by atoms with Crippen molar-refractivity contribution in [2.75, 3.05) is 5.88 Å². The third kappa shape index (κ3) is 3.92. The summed E-state index contributed by atoms with van der Waals surface area (Å²) in [6.07, 6.45) is 0.740. The van der Waals surface area contributed by atoms with Crippen LogP contribution in [-0.4, -0.2) is 28.1 Å². The molecule has 100 valence electrons. The number of amides is 1. The van der Waals surface area contributed by atoms with E-state index in [-0.39, 0.29) is 11.5 Å². The van der Waals surface area contributed by atoms with Gasteiger partial charge in [-0.2, -0.15) is 0 Å². The van der Waals surface area contributed by atoms with Crippen LogP contribution in [0.25, 0.3) is 0 Å². The van der Waals surface area contributed by atoms with Gasteiger partial charge < -0.3 is 9.84 Å². The number of carbonyl (C=O) groups is 2. The summed E-state index contributed by atoms with van der Waals surface area (Å²) in [5, 5.41) is 10.1. The summed E-state index contributed by atoms with van der Waals surface area (Å²) in [6.45, 7) is 0.170. The van der Waals surface area contributed by atoms with Crippen LogP contribution in [0.3, 0.4) is 0 Å². The molecular weight excluding hydrogens is 268 g/mol. The summed E-state index contributed by atoms with van der Waals surface area (Å²) >= 11 is 1.13. The number of hydrogen-bond donors (Lipinski definition) is 2. The summed E-state index contributed by atoms with van der Waals surface area (Å²) in [4.78, 5) is 22.4. The summed E-state index contributed by atoms with van der Waals surface area (Å²) in [7, 11) is 0. The van der Waals surface area contributed by atoms with Crippen LogP contribution >= 0.6 is 11.8 Å². The smallest absolute Gasteiger partial charge is 0.426 e. The molecule has 0 radical (unpaired) electrons. The van der Waals surface area contributed by atoms with E-state index in [1.165, 1.54) is 11.2 Å². The molecule has 1 aromatic rings. The van der Waals surface area contributed by atoms with Crippen molar-refractivity contribution in [3.05, 3.63) is 47.0 Å². The lowest BCUT2D eigenvalue weighted by Crippen LogP contribution is -2.37. The molecule has 0 bridgehead atoms. The van der Waals surface area contributed by atoms with Crippen LogP contribution < -0.4 is 5.43 Å². The number of carbonyl (C=O) groups excluding carboxylic acids is 1. The van der Waals surface area contributed by atoms with Crippen molar-refractivity contribution in [3.8, 4) is 0 Å². The van der Waals surface area contributed by atoms with Crippen LogP contribution in [0.4, 0.5) is 4.79 Å². The number of carboxylic acids is 1. The van der Waals surface area contributed by atoms with Crippen molar-refractivity contribution in [3.63, 3.8) is 0 Å². The van der Waals surface area contributed by atoms with E-state index in [9.17, 15) is 9.59 Å². The molecule has 6 nitrogen and oxygen atoms in total. The second kappa shape index (κ2) is 6.14. The van der Waals surface area contributed by atoms with Gasteiger partial charge in [-0.15, -0.1) is 0 Å². The van der Waals surface area contributed by atoms with E-state index in [1.807, 2.05) is 30.3 Å². The zero-order valence-electron chi connectivity index (χ0n) is 9.91. The first-order valence-electron chi connectivity index (χ1n) is 5.47. The number of benzene rings is 1. The second-order valence-electron chi connectivity index (χ2n) is 3.72. The fraction of sp³-hybridized carbons (Fsp3) is 0.167. The SMILES string of the molecule is O=C(NN1C=C(C(=O)O)SC1)OCc1ccccc1. The van der Waals surface area contributed by atoms with Crippen LogP contribution in [0, 0.1) is 0 Å². The number of aliphatic carboxylic acids is 1. The molecule has 1 amide bonds. The largest absolute Gasteiger partial charge is 0.477 e. The number of thioether (sulfide) groups is 1. The summed E-state index contributed by atoms with van der Waals surface area (Å²) in [5.74, 6) is -0.658. The molecule has 0 spiro atoms. The number of hydrogen-bond acceptors (Lipinski definition) is 5. The molecule has 2 rings (SSSR count). The first kappa shape index (κ1) is 13.3. The lowest BCUT2D eigenvalue weighted by molar-refractivity contribution is -0.131. The van der Waals surface area contributed by atoms with Crippen molar-refractivity contribution in [2.45, 2.75) is 6.61 Å². The third-order valence-corrected chi connectivity index (χ3v) is 3.29. The van der Waals surface area contributed by atoms with E-state index in [2.05, 4.69) is 5.43 Å². The molecule has 2 N–H and O–H groups in total. The van der Waals surface area contributed by atoms with Crippen LogP contribution in [0.1, 0.15) is 5.56 Å². The van der Waals surface area contributed by atoms with Crippen molar-refractivity contribution in [1.82, 2.24) is 10.4 Å². The van der Waals surface area contributed by atoms with E-state index in [0.29, 0.717) is 5.88 Å². The summed E-state index contributed by atoms with van der Waals surface area (Å²) in [5.41, 5.74) is 3.33. The van der Waals surface area contributed by atoms with Gasteiger partial charge in [-0.05, 0) is 5.56 Å². The minimum Gasteiger partial charge on any atom is -0.477 e. The number of rotatable bonds is 4. The lowest BCUT2D eigenvalue weighted by Gasteiger charge is -2.15. The van der Waals surface area contributed by atoms with E-state index < -0.39 is 12.1 Å². The quantitative estimate of drug-likeness (QED) is 0.875. The maximum atomic E-state index is 11.5. The number of ether oxygens (including phenoxy) is 1. The van der Waals surface area contributed by atoms with Gasteiger partial charge in [0.05, 0.1) is 5.88 Å². The molecule has 0 atom stereocenters. The number of carboxylic acid groups (broad SMARTS) is 1. The molecule has 19 heavy (non-hydrogen) atoms. The Morgan fingerprint density at radius 2 is 2.11 bits per heavy atom. The van der Waals surface area contributed by atoms with E-state index in [4.69, 9.17) is 9.84 Å². The zero-order valence-corrected chi connectivity index (χ0v) is 10.7. The Bertz CT molecular complexity index is 504. The first-order chi connectivity index (χ1) is 9.15. The van der Waals surface area contributed by atoms with Crippen LogP contribution in [0.5, 0.6) is 0 Å². The van der Waals surface area contributed by atoms with Gasteiger partial charge in [-0.1, -0.05) is 42.1 Å². The predicted molar refractivity (Wildman–Crippen MR) is 69.8 cm³/mol. The molecule has 0 aromatic heterocycles. The summed E-state index contributed by atoms with van der Waals surface area (Å²) in [6, 6.07) is 9.29. The topological polar surface area (TPSA) is 78.9 Å². The minimum absolute atomic E-state index is 0.170. The number of nitrogens with zero attached hydrogens (tertiary/aromatic N) is 1. The highest BCUT2D eigenvalue weighted by Crippen LogP contribution is 2.23. The van der Waals surface area contributed by atoms with E-state index >= 15 is 0 Å². The van der Waals surface area contributed by atoms with Gasteiger partial charge >= 0.3 is 12.1 Å². The minimum atomic E-state index is -1.01. The molecule has 1 aliphatic heterocycles. The van der Waals surface area contributed by atoms with Gasteiger partial charge in [-0.25, -0.2) is 15.0 Å². The van der Waals surface area contributed by atoms with Crippen molar-refractivity contribution in [1.29, 1.82) is 0 Å². The van der Waals surface area contributed by atoms with Gasteiger partial charge in [0.15, 0.2) is 0 Å². The summed E-state index contributed by atoms with van der Waals surface area (Å²) < 4.78 is 5.01. The van der Waals surface area contributed by atoms with Gasteiger partial charge in [0, 0.05) is 6.20 Å². The molecule has 0 saturated carbocycles. The maximum absolute atomic E-state index is 11.5. The average molecular weight is 280 g/mol. The Morgan fingerprint density at radius 1 is 1.37 bits per heavy atom. The van der Waals surface area contributed by atoms with Crippen LogP contribution in [0.15, 0.2) is 41.4 Å². The second-order valence-corrected chi connectivity index (χ2v) is 4.70. The number of nitrogens with one attached hydrogen (secondary N) is 1. The van der Waals surface area contributed by atoms with Gasteiger partial charge in [0.1, 0.15) is 11.5 Å². The highest BCUT2D eigenvalue weighted by atomic mass is 32.2. The highest BCUT2D eigenvalue weighted by Gasteiger charge is 2.20. The first-order valence-corrected chi connectivity index (χ1v) is 6.45. The maximum Gasteiger partial charge on any atom is 0.426 e. The fourth-order valence-electron chi connectivity index (χ4n) is 1.41. The Morgan fingerprint density at radius 3 is 2.74 bits per heavy atom. The molecule has 0 unspecified atom stereocenters. The molecule has 0 aliphatic carbocycles. The lowest BCUT2D eigenvalue weighted by atomic mass is 10.2. The Labute approximate surface area is 114 Å². The Balaban J connectivity index is 1.78. The Kier molecular flexibility index (Phi) is 4.30. The van der Waals surface area contributed by atoms with Gasteiger partial charge in [0.2, 0.25) is 0 Å². The standard InChI is InChI=1S/C12H12N2O4S/c15-11(16)10-6-14(8-19-10)13-12(17)18-7-9-4-2-1-3-5-9/h1-6H,7-8H2,(H,13,17)(H,15,16). The van der Waals surface area contributed by atoms with E-state index in [0.717, 1.165) is 17.3 Å². The van der Waals surface area contributed by atoms with Crippen LogP contribution in [0.2, 0.25) is 0 Å². The molecule has 1 aliphatic rings.